The highest BCUT2D eigenvalue weighted by Gasteiger charge is 2.27. The fourth-order valence-electron chi connectivity index (χ4n) is 8.66. The van der Waals surface area contributed by atoms with Gasteiger partial charge in [-0.15, -0.1) is 0 Å². The van der Waals surface area contributed by atoms with Crippen molar-refractivity contribution in [3.63, 3.8) is 0 Å². The van der Waals surface area contributed by atoms with Crippen molar-refractivity contribution in [1.82, 2.24) is 5.32 Å². The first-order valence-corrected chi connectivity index (χ1v) is 32.1. The van der Waals surface area contributed by atoms with Crippen molar-refractivity contribution in [2.45, 2.75) is 290 Å². The molecule has 0 aromatic carbocycles. The Morgan fingerprint density at radius 1 is 0.479 bits per heavy atom. The van der Waals surface area contributed by atoms with E-state index < -0.39 is 32.5 Å². The standard InChI is InChI=1S/C63H117N2O7P/c1-7-10-13-16-19-22-25-27-28-29-30-31-32-33-34-35-36-38-40-43-46-49-52-55-62(66)64-60(59-71-73(68,69)70-58-57-65(4,5)6)61(54-51-48-45-42-39-24-21-18-15-12-9-3)72-63(67)56-53-50-47-44-41-37-26-23-20-17-14-11-8-2/h19,22,27-28,37,41,47,50-51,54,60-61H,7-18,20-21,23-26,29-36,38-40,42-46,48-49,52-53,55-59H2,1-6H3,(H-,64,66,68,69)/b22-19-,28-27-,41-37-,50-47+,54-51-. The highest BCUT2D eigenvalue weighted by molar-refractivity contribution is 7.45. The van der Waals surface area contributed by atoms with E-state index in [-0.39, 0.29) is 18.9 Å². The minimum Gasteiger partial charge on any atom is -0.756 e. The molecule has 1 amide bonds. The van der Waals surface area contributed by atoms with Crippen molar-refractivity contribution in [1.29, 1.82) is 0 Å². The normalized spacial score (nSPS) is 14.1. The molecule has 0 aliphatic carbocycles. The lowest BCUT2D eigenvalue weighted by Gasteiger charge is -2.30. The number of hydrogen-bond acceptors (Lipinski definition) is 7. The second-order valence-corrected chi connectivity index (χ2v) is 23.3. The number of carbonyl (C=O) groups is 2. The number of ether oxygens (including phenoxy) is 1. The van der Waals surface area contributed by atoms with Crippen molar-refractivity contribution < 1.29 is 37.3 Å². The van der Waals surface area contributed by atoms with Gasteiger partial charge in [-0.1, -0.05) is 242 Å². The summed E-state index contributed by atoms with van der Waals surface area (Å²) in [5.41, 5.74) is 0. The number of allylic oxidation sites excluding steroid dienone is 9. The van der Waals surface area contributed by atoms with Gasteiger partial charge in [0.15, 0.2) is 0 Å². The van der Waals surface area contributed by atoms with Crippen LogP contribution in [0.5, 0.6) is 0 Å². The molecule has 9 nitrogen and oxygen atoms in total. The van der Waals surface area contributed by atoms with E-state index in [9.17, 15) is 19.0 Å². The van der Waals surface area contributed by atoms with Crippen molar-refractivity contribution in [3.05, 3.63) is 60.8 Å². The second-order valence-electron chi connectivity index (χ2n) is 21.8. The molecule has 0 radical (unpaired) electrons. The van der Waals surface area contributed by atoms with E-state index in [2.05, 4.69) is 68.6 Å². The molecule has 3 atom stereocenters. The molecule has 73 heavy (non-hydrogen) atoms. The van der Waals surface area contributed by atoms with Crippen LogP contribution < -0.4 is 10.2 Å². The molecule has 0 aromatic rings. The maximum Gasteiger partial charge on any atom is 0.306 e. The third kappa shape index (κ3) is 54.3. The first kappa shape index (κ1) is 70.7. The summed E-state index contributed by atoms with van der Waals surface area (Å²) in [7, 11) is 1.16. The topological polar surface area (TPSA) is 114 Å². The van der Waals surface area contributed by atoms with E-state index in [0.717, 1.165) is 57.8 Å². The van der Waals surface area contributed by atoms with Gasteiger partial charge >= 0.3 is 5.97 Å². The number of phosphoric acid groups is 1. The van der Waals surface area contributed by atoms with Crippen LogP contribution in [-0.2, 0) is 27.9 Å². The fraction of sp³-hybridized carbons (Fsp3) is 0.810. The lowest BCUT2D eigenvalue weighted by atomic mass is 10.0. The smallest absolute Gasteiger partial charge is 0.306 e. The molecule has 3 unspecified atom stereocenters. The van der Waals surface area contributed by atoms with Crippen molar-refractivity contribution in [3.8, 4) is 0 Å². The number of nitrogens with one attached hydrogen (secondary N) is 1. The van der Waals surface area contributed by atoms with Gasteiger partial charge in [-0.25, -0.2) is 0 Å². The summed E-state index contributed by atoms with van der Waals surface area (Å²) in [6, 6.07) is -0.910. The largest absolute Gasteiger partial charge is 0.756 e. The van der Waals surface area contributed by atoms with Crippen LogP contribution in [0.4, 0.5) is 0 Å². The number of esters is 1. The number of phosphoric ester groups is 1. The molecule has 0 saturated carbocycles. The van der Waals surface area contributed by atoms with E-state index in [1.54, 1.807) is 0 Å². The molecule has 0 spiro atoms. The highest BCUT2D eigenvalue weighted by atomic mass is 31.2. The number of carbonyl (C=O) groups excluding carboxylic acids is 2. The molecule has 0 aliphatic heterocycles. The van der Waals surface area contributed by atoms with E-state index >= 15 is 0 Å². The second kappa shape index (κ2) is 53.1. The fourth-order valence-corrected chi connectivity index (χ4v) is 9.39. The average Bonchev–Trinajstić information content (AvgIpc) is 3.35. The lowest BCUT2D eigenvalue weighted by Crippen LogP contribution is -2.47. The first-order valence-electron chi connectivity index (χ1n) is 30.6. The van der Waals surface area contributed by atoms with Crippen LogP contribution in [-0.4, -0.2) is 69.4 Å². The number of nitrogens with zero attached hydrogens (tertiary/aromatic N) is 1. The van der Waals surface area contributed by atoms with Gasteiger partial charge in [-0.2, -0.15) is 0 Å². The van der Waals surface area contributed by atoms with Crippen LogP contribution in [0.25, 0.3) is 0 Å². The Morgan fingerprint density at radius 2 is 0.849 bits per heavy atom. The van der Waals surface area contributed by atoms with Gasteiger partial charge in [-0.05, 0) is 83.1 Å². The Labute approximate surface area is 451 Å². The molecular weight excluding hydrogens is 928 g/mol. The third-order valence-electron chi connectivity index (χ3n) is 13.4. The van der Waals surface area contributed by atoms with Gasteiger partial charge in [-0.3, -0.25) is 14.2 Å². The van der Waals surface area contributed by atoms with E-state index in [0.29, 0.717) is 23.9 Å². The molecule has 1 N–H and O–H groups in total. The minimum absolute atomic E-state index is 0.0304. The maximum atomic E-state index is 13.5. The van der Waals surface area contributed by atoms with Gasteiger partial charge in [0, 0.05) is 12.8 Å². The Hall–Kier alpha value is -2.29. The van der Waals surface area contributed by atoms with Gasteiger partial charge in [0.2, 0.25) is 5.91 Å². The molecule has 0 saturated heterocycles. The van der Waals surface area contributed by atoms with Crippen LogP contribution in [0.15, 0.2) is 60.8 Å². The lowest BCUT2D eigenvalue weighted by molar-refractivity contribution is -0.870. The molecular formula is C63H117N2O7P. The monoisotopic (exact) mass is 1040 g/mol. The summed E-state index contributed by atoms with van der Waals surface area (Å²) >= 11 is 0. The van der Waals surface area contributed by atoms with Crippen LogP contribution in [0.3, 0.4) is 0 Å². The molecule has 0 fully saturated rings. The van der Waals surface area contributed by atoms with Gasteiger partial charge < -0.3 is 28.5 Å². The maximum absolute atomic E-state index is 13.5. The molecule has 426 valence electrons. The Balaban J connectivity index is 5.17. The molecule has 0 aliphatic rings. The predicted molar refractivity (Wildman–Crippen MR) is 312 cm³/mol. The Bertz CT molecular complexity index is 1440. The van der Waals surface area contributed by atoms with Crippen LogP contribution in [0.1, 0.15) is 278 Å². The molecule has 0 aromatic heterocycles. The number of unbranched alkanes of at least 4 members (excludes halogenated alkanes) is 31. The van der Waals surface area contributed by atoms with Crippen LogP contribution in [0, 0.1) is 0 Å². The number of quaternary nitrogens is 1. The van der Waals surface area contributed by atoms with Crippen LogP contribution in [0.2, 0.25) is 0 Å². The zero-order chi connectivity index (χ0) is 53.6. The summed E-state index contributed by atoms with van der Waals surface area (Å²) in [5.74, 6) is -0.616. The Kier molecular flexibility index (Phi) is 51.5. The zero-order valence-electron chi connectivity index (χ0n) is 48.6. The van der Waals surface area contributed by atoms with E-state index in [4.69, 9.17) is 13.8 Å². The number of rotatable bonds is 55. The molecule has 0 rings (SSSR count). The van der Waals surface area contributed by atoms with Crippen molar-refractivity contribution in [2.75, 3.05) is 40.9 Å². The number of amides is 1. The first-order chi connectivity index (χ1) is 35.4. The number of hydrogen-bond donors (Lipinski definition) is 1. The van der Waals surface area contributed by atoms with Gasteiger partial charge in [0.05, 0.1) is 33.8 Å². The molecule has 0 bridgehead atoms. The summed E-state index contributed by atoms with van der Waals surface area (Å²) in [4.78, 5) is 39.8. The summed E-state index contributed by atoms with van der Waals surface area (Å²) < 4.78 is 30.2. The quantitative estimate of drug-likeness (QED) is 0.0212. The summed E-state index contributed by atoms with van der Waals surface area (Å²) in [6.45, 7) is 6.78. The van der Waals surface area contributed by atoms with Crippen molar-refractivity contribution >= 4 is 19.7 Å². The third-order valence-corrected chi connectivity index (χ3v) is 14.4. The van der Waals surface area contributed by atoms with E-state index in [1.165, 1.54) is 180 Å². The Morgan fingerprint density at radius 3 is 1.29 bits per heavy atom. The van der Waals surface area contributed by atoms with Crippen LogP contribution >= 0.6 is 7.82 Å². The number of likely N-dealkylation sites (N-methyl/N-ethyl adjacent to an activating group) is 1. The zero-order valence-corrected chi connectivity index (χ0v) is 49.5. The van der Waals surface area contributed by atoms with Gasteiger partial charge in [0.25, 0.3) is 7.82 Å². The van der Waals surface area contributed by atoms with Gasteiger partial charge in [0.1, 0.15) is 19.3 Å². The predicted octanol–water partition coefficient (Wildman–Crippen LogP) is 18.0. The molecule has 10 heteroatoms. The minimum atomic E-state index is -4.71. The van der Waals surface area contributed by atoms with Crippen molar-refractivity contribution in [2.24, 2.45) is 0 Å². The summed E-state index contributed by atoms with van der Waals surface area (Å²) in [6.07, 6.45) is 66.4. The highest BCUT2D eigenvalue weighted by Crippen LogP contribution is 2.38. The average molecular weight is 1050 g/mol. The summed E-state index contributed by atoms with van der Waals surface area (Å²) in [5, 5.41) is 3.01. The molecule has 0 heterocycles. The SMILES string of the molecule is CCCCC/C=C\C/C=C\CCCCCCCCCCCCCCCC(=O)NC(COP(=O)([O-])OCC[N+](C)(C)C)C(/C=C\CCCCCCCCCCC)OC(=O)CC/C=C/C/C=C\CCCCCCCC. The van der Waals surface area contributed by atoms with E-state index in [1.807, 2.05) is 39.4 Å².